The molecule has 2 N–H and O–H groups in total. The Labute approximate surface area is 120 Å². The summed E-state index contributed by atoms with van der Waals surface area (Å²) in [6.07, 6.45) is 1.62. The Balaban J connectivity index is 2.14. The van der Waals surface area contributed by atoms with Crippen LogP contribution in [0, 0.1) is 17.1 Å². The molecule has 0 aliphatic heterocycles. The molecule has 0 aliphatic rings. The zero-order valence-corrected chi connectivity index (χ0v) is 10.9. The number of halogens is 1. The molecule has 5 heteroatoms. The minimum Gasteiger partial charge on any atom is -0.454 e. The van der Waals surface area contributed by atoms with Crippen molar-refractivity contribution in [1.29, 1.82) is 5.26 Å². The van der Waals surface area contributed by atoms with Crippen LogP contribution in [0.15, 0.2) is 48.7 Å². The fraction of sp³-hybridized carbons (Fsp3) is 0. The number of benzene rings is 2. The number of nitrogen functional groups attached to an aromatic ring is 1. The van der Waals surface area contributed by atoms with Crippen molar-refractivity contribution in [2.24, 2.45) is 0 Å². The molecule has 21 heavy (non-hydrogen) atoms. The molecule has 0 radical (unpaired) electrons. The molecule has 0 atom stereocenters. The van der Waals surface area contributed by atoms with Crippen molar-refractivity contribution < 1.29 is 9.13 Å². The van der Waals surface area contributed by atoms with Gasteiger partial charge in [0.1, 0.15) is 28.7 Å². The van der Waals surface area contributed by atoms with Crippen molar-refractivity contribution in [3.63, 3.8) is 0 Å². The average Bonchev–Trinajstić information content (AvgIpc) is 2.51. The van der Waals surface area contributed by atoms with Gasteiger partial charge in [-0.25, -0.2) is 4.39 Å². The van der Waals surface area contributed by atoms with Crippen LogP contribution in [0.3, 0.4) is 0 Å². The van der Waals surface area contributed by atoms with Crippen molar-refractivity contribution in [3.05, 3.63) is 60.0 Å². The van der Waals surface area contributed by atoms with E-state index in [-0.39, 0.29) is 11.3 Å². The maximum absolute atomic E-state index is 13.6. The Kier molecular flexibility index (Phi) is 3.13. The van der Waals surface area contributed by atoms with E-state index in [0.717, 1.165) is 5.39 Å². The second kappa shape index (κ2) is 5.10. The minimum absolute atomic E-state index is 0.140. The Morgan fingerprint density at radius 3 is 2.76 bits per heavy atom. The minimum atomic E-state index is -0.622. The summed E-state index contributed by atoms with van der Waals surface area (Å²) in [6.45, 7) is 0. The summed E-state index contributed by atoms with van der Waals surface area (Å²) >= 11 is 0. The van der Waals surface area contributed by atoms with Crippen LogP contribution in [-0.4, -0.2) is 4.98 Å². The summed E-state index contributed by atoms with van der Waals surface area (Å²) in [5.74, 6) is -0.0566. The second-order valence-corrected chi connectivity index (χ2v) is 4.38. The fourth-order valence-electron chi connectivity index (χ4n) is 2.07. The van der Waals surface area contributed by atoms with E-state index in [1.165, 1.54) is 18.2 Å². The van der Waals surface area contributed by atoms with Gasteiger partial charge in [0.05, 0.1) is 0 Å². The lowest BCUT2D eigenvalue weighted by molar-refractivity contribution is 0.478. The molecule has 0 saturated heterocycles. The van der Waals surface area contributed by atoms with Crippen LogP contribution in [0.1, 0.15) is 5.56 Å². The largest absolute Gasteiger partial charge is 0.454 e. The Morgan fingerprint density at radius 1 is 1.10 bits per heavy atom. The van der Waals surface area contributed by atoms with E-state index in [2.05, 4.69) is 4.98 Å². The second-order valence-electron chi connectivity index (χ2n) is 4.38. The number of hydrogen-bond donors (Lipinski definition) is 1. The molecule has 2 aromatic carbocycles. The predicted octanol–water partition coefficient (Wildman–Crippen LogP) is 3.62. The first kappa shape index (κ1) is 12.9. The first-order valence-electron chi connectivity index (χ1n) is 6.20. The smallest absolute Gasteiger partial charge is 0.153 e. The molecule has 0 amide bonds. The van der Waals surface area contributed by atoms with Gasteiger partial charge in [-0.3, -0.25) is 4.98 Å². The van der Waals surface area contributed by atoms with Gasteiger partial charge in [0.25, 0.3) is 0 Å². The number of nitrogens with two attached hydrogens (primary N) is 1. The molecular formula is C16H10FN3O. The Hall–Kier alpha value is -3.13. The summed E-state index contributed by atoms with van der Waals surface area (Å²) in [5, 5.41) is 9.77. The highest BCUT2D eigenvalue weighted by Gasteiger charge is 2.12. The predicted molar refractivity (Wildman–Crippen MR) is 77.3 cm³/mol. The first-order valence-corrected chi connectivity index (χ1v) is 6.20. The lowest BCUT2D eigenvalue weighted by atomic mass is 10.1. The molecule has 3 rings (SSSR count). The standard InChI is InChI=1S/C16H10FN3O/c17-12-4-1-5-14(11(12)9-18)21-15-7-6-13(19)10-3-2-8-20-16(10)15/h1-8H,19H2. The van der Waals surface area contributed by atoms with Crippen LogP contribution >= 0.6 is 0 Å². The Bertz CT molecular complexity index is 871. The molecule has 4 nitrogen and oxygen atoms in total. The quantitative estimate of drug-likeness (QED) is 0.727. The average molecular weight is 279 g/mol. The molecule has 102 valence electrons. The molecule has 0 bridgehead atoms. The molecular weight excluding hydrogens is 269 g/mol. The van der Waals surface area contributed by atoms with E-state index in [1.807, 2.05) is 6.07 Å². The van der Waals surface area contributed by atoms with Crippen molar-refractivity contribution in [1.82, 2.24) is 4.98 Å². The number of pyridine rings is 1. The zero-order chi connectivity index (χ0) is 14.8. The van der Waals surface area contributed by atoms with Gasteiger partial charge < -0.3 is 10.5 Å². The molecule has 0 spiro atoms. The number of ether oxygens (including phenoxy) is 1. The van der Waals surface area contributed by atoms with Crippen LogP contribution < -0.4 is 10.5 Å². The van der Waals surface area contributed by atoms with Gasteiger partial charge in [0.15, 0.2) is 5.75 Å². The van der Waals surface area contributed by atoms with E-state index in [4.69, 9.17) is 15.7 Å². The maximum Gasteiger partial charge on any atom is 0.153 e. The SMILES string of the molecule is N#Cc1c(F)cccc1Oc1ccc(N)c2cccnc12. The van der Waals surface area contributed by atoms with Crippen LogP contribution in [0.25, 0.3) is 10.9 Å². The van der Waals surface area contributed by atoms with Crippen LogP contribution in [0.4, 0.5) is 10.1 Å². The lowest BCUT2D eigenvalue weighted by Gasteiger charge is -2.11. The molecule has 0 saturated carbocycles. The van der Waals surface area contributed by atoms with Gasteiger partial charge in [-0.15, -0.1) is 0 Å². The maximum atomic E-state index is 13.6. The summed E-state index contributed by atoms with van der Waals surface area (Å²) < 4.78 is 19.3. The molecule has 0 unspecified atom stereocenters. The van der Waals surface area contributed by atoms with Crippen molar-refractivity contribution in [2.45, 2.75) is 0 Å². The summed E-state index contributed by atoms with van der Waals surface area (Å²) in [6, 6.07) is 13.0. The van der Waals surface area contributed by atoms with E-state index < -0.39 is 5.82 Å². The topological polar surface area (TPSA) is 71.9 Å². The third-order valence-electron chi connectivity index (χ3n) is 3.07. The first-order chi connectivity index (χ1) is 10.2. The highest BCUT2D eigenvalue weighted by Crippen LogP contribution is 2.33. The molecule has 3 aromatic rings. The highest BCUT2D eigenvalue weighted by atomic mass is 19.1. The number of nitrogens with zero attached hydrogens (tertiary/aromatic N) is 2. The molecule has 1 heterocycles. The van der Waals surface area contributed by atoms with E-state index in [0.29, 0.717) is 17.0 Å². The van der Waals surface area contributed by atoms with Crippen LogP contribution in [0.5, 0.6) is 11.5 Å². The van der Waals surface area contributed by atoms with Gasteiger partial charge in [0.2, 0.25) is 0 Å². The molecule has 1 aromatic heterocycles. The van der Waals surface area contributed by atoms with Gasteiger partial charge in [-0.05, 0) is 36.4 Å². The number of rotatable bonds is 2. The zero-order valence-electron chi connectivity index (χ0n) is 10.9. The van der Waals surface area contributed by atoms with E-state index >= 15 is 0 Å². The number of nitriles is 1. The third kappa shape index (κ3) is 2.23. The Morgan fingerprint density at radius 2 is 1.95 bits per heavy atom. The van der Waals surface area contributed by atoms with Crippen LogP contribution in [0.2, 0.25) is 0 Å². The number of aromatic nitrogens is 1. The third-order valence-corrected chi connectivity index (χ3v) is 3.07. The lowest BCUT2D eigenvalue weighted by Crippen LogP contribution is -1.95. The van der Waals surface area contributed by atoms with Crippen molar-refractivity contribution in [3.8, 4) is 17.6 Å². The van der Waals surface area contributed by atoms with Crippen LogP contribution in [-0.2, 0) is 0 Å². The number of anilines is 1. The van der Waals surface area contributed by atoms with Gasteiger partial charge in [-0.2, -0.15) is 5.26 Å². The van der Waals surface area contributed by atoms with E-state index in [9.17, 15) is 4.39 Å². The van der Waals surface area contributed by atoms with E-state index in [1.54, 1.807) is 30.5 Å². The van der Waals surface area contributed by atoms with Gasteiger partial charge in [-0.1, -0.05) is 6.07 Å². The molecule has 0 fully saturated rings. The summed E-state index contributed by atoms with van der Waals surface area (Å²) in [4.78, 5) is 4.23. The van der Waals surface area contributed by atoms with Gasteiger partial charge >= 0.3 is 0 Å². The van der Waals surface area contributed by atoms with Crippen molar-refractivity contribution >= 4 is 16.6 Å². The number of hydrogen-bond acceptors (Lipinski definition) is 4. The molecule has 0 aliphatic carbocycles. The number of fused-ring (bicyclic) bond motifs is 1. The van der Waals surface area contributed by atoms with Gasteiger partial charge in [0, 0.05) is 17.3 Å². The summed E-state index contributed by atoms with van der Waals surface area (Å²) in [7, 11) is 0. The summed E-state index contributed by atoms with van der Waals surface area (Å²) in [5.41, 5.74) is 6.89. The monoisotopic (exact) mass is 279 g/mol. The van der Waals surface area contributed by atoms with Crippen molar-refractivity contribution in [2.75, 3.05) is 5.73 Å². The highest BCUT2D eigenvalue weighted by molar-refractivity contribution is 5.94. The normalized spacial score (nSPS) is 10.3. The fourth-order valence-corrected chi connectivity index (χ4v) is 2.07.